The second-order valence-corrected chi connectivity index (χ2v) is 2.46. The first kappa shape index (κ1) is 12.0. The van der Waals surface area contributed by atoms with E-state index in [1.165, 1.54) is 0 Å². The molecule has 0 amide bonds. The quantitative estimate of drug-likeness (QED) is 0.383. The Hall–Kier alpha value is -1.00. The fourth-order valence-corrected chi connectivity index (χ4v) is 0.625. The molecule has 0 N–H and O–H groups in total. The first-order chi connectivity index (χ1) is 5.95. The standard InChI is InChI=1S/C8H11F3O2/c1-2-3-4-5-7(12)13-6-8(9,10)11/h2H,1,3-6H2. The zero-order valence-corrected chi connectivity index (χ0v) is 7.06. The third kappa shape index (κ3) is 8.91. The molecule has 5 heteroatoms. The molecule has 0 aromatic rings. The van der Waals surface area contributed by atoms with Crippen LogP contribution in [-0.4, -0.2) is 18.8 Å². The molecule has 0 unspecified atom stereocenters. The highest BCUT2D eigenvalue weighted by Crippen LogP contribution is 2.14. The van der Waals surface area contributed by atoms with E-state index < -0.39 is 18.8 Å². The zero-order chi connectivity index (χ0) is 10.3. The smallest absolute Gasteiger partial charge is 0.422 e. The number of allylic oxidation sites excluding steroid dienone is 1. The Morgan fingerprint density at radius 2 is 2.08 bits per heavy atom. The number of carbonyl (C=O) groups excluding carboxylic acids is 1. The molecule has 0 spiro atoms. The third-order valence-electron chi connectivity index (χ3n) is 1.19. The van der Waals surface area contributed by atoms with Crippen molar-refractivity contribution in [3.63, 3.8) is 0 Å². The average Bonchev–Trinajstić information content (AvgIpc) is 2.00. The van der Waals surface area contributed by atoms with E-state index in [4.69, 9.17) is 0 Å². The number of rotatable bonds is 5. The molecule has 0 saturated heterocycles. The van der Waals surface area contributed by atoms with Crippen molar-refractivity contribution >= 4 is 5.97 Å². The van der Waals surface area contributed by atoms with Crippen molar-refractivity contribution < 1.29 is 22.7 Å². The fraction of sp³-hybridized carbons (Fsp3) is 0.625. The number of carbonyl (C=O) groups is 1. The van der Waals surface area contributed by atoms with Crippen molar-refractivity contribution in [2.45, 2.75) is 25.4 Å². The molecule has 0 atom stereocenters. The van der Waals surface area contributed by atoms with Crippen LogP contribution in [0.3, 0.4) is 0 Å². The van der Waals surface area contributed by atoms with Gasteiger partial charge in [-0.15, -0.1) is 6.58 Å². The van der Waals surface area contributed by atoms with Gasteiger partial charge in [0, 0.05) is 6.42 Å². The van der Waals surface area contributed by atoms with Crippen molar-refractivity contribution in [3.05, 3.63) is 12.7 Å². The molecular formula is C8H11F3O2. The monoisotopic (exact) mass is 196 g/mol. The minimum absolute atomic E-state index is 0.00208. The van der Waals surface area contributed by atoms with Gasteiger partial charge < -0.3 is 4.74 Å². The summed E-state index contributed by atoms with van der Waals surface area (Å²) in [5, 5.41) is 0. The van der Waals surface area contributed by atoms with E-state index in [1.54, 1.807) is 6.08 Å². The van der Waals surface area contributed by atoms with Gasteiger partial charge in [0.05, 0.1) is 0 Å². The molecule has 0 bridgehead atoms. The summed E-state index contributed by atoms with van der Waals surface area (Å²) in [7, 11) is 0. The van der Waals surface area contributed by atoms with Crippen molar-refractivity contribution in [3.8, 4) is 0 Å². The van der Waals surface area contributed by atoms with E-state index in [0.29, 0.717) is 12.8 Å². The molecule has 2 nitrogen and oxygen atoms in total. The highest BCUT2D eigenvalue weighted by Gasteiger charge is 2.29. The molecule has 0 saturated carbocycles. The molecule has 0 aliphatic rings. The van der Waals surface area contributed by atoms with Crippen LogP contribution in [0.2, 0.25) is 0 Å². The summed E-state index contributed by atoms with van der Waals surface area (Å²) >= 11 is 0. The molecule has 0 rings (SSSR count). The van der Waals surface area contributed by atoms with Gasteiger partial charge in [-0.1, -0.05) is 6.08 Å². The Morgan fingerprint density at radius 1 is 1.46 bits per heavy atom. The maximum Gasteiger partial charge on any atom is 0.422 e. The first-order valence-electron chi connectivity index (χ1n) is 3.79. The van der Waals surface area contributed by atoms with Gasteiger partial charge in [0.15, 0.2) is 6.61 Å². The number of hydrogen-bond acceptors (Lipinski definition) is 2. The third-order valence-corrected chi connectivity index (χ3v) is 1.19. The highest BCUT2D eigenvalue weighted by molar-refractivity contribution is 5.69. The predicted octanol–water partition coefficient (Wildman–Crippen LogP) is 2.45. The van der Waals surface area contributed by atoms with Crippen molar-refractivity contribution in [2.24, 2.45) is 0 Å². The van der Waals surface area contributed by atoms with Crippen LogP contribution in [-0.2, 0) is 9.53 Å². The summed E-state index contributed by atoms with van der Waals surface area (Å²) in [5.74, 6) is -0.820. The Kier molecular flexibility index (Phi) is 5.18. The summed E-state index contributed by atoms with van der Waals surface area (Å²) in [6, 6.07) is 0. The largest absolute Gasteiger partial charge is 0.456 e. The molecule has 0 aliphatic carbocycles. The van der Waals surface area contributed by atoms with Crippen LogP contribution < -0.4 is 0 Å². The highest BCUT2D eigenvalue weighted by atomic mass is 19.4. The van der Waals surface area contributed by atoms with Crippen LogP contribution in [0.5, 0.6) is 0 Å². The van der Waals surface area contributed by atoms with Gasteiger partial charge in [-0.2, -0.15) is 13.2 Å². The Balaban J connectivity index is 3.46. The van der Waals surface area contributed by atoms with Crippen LogP contribution in [0, 0.1) is 0 Å². The second-order valence-electron chi connectivity index (χ2n) is 2.46. The number of alkyl halides is 3. The predicted molar refractivity (Wildman–Crippen MR) is 41.1 cm³/mol. The van der Waals surface area contributed by atoms with Crippen LogP contribution in [0.25, 0.3) is 0 Å². The zero-order valence-electron chi connectivity index (χ0n) is 7.06. The average molecular weight is 196 g/mol. The summed E-state index contributed by atoms with van der Waals surface area (Å²) in [4.78, 5) is 10.6. The van der Waals surface area contributed by atoms with Gasteiger partial charge in [-0.3, -0.25) is 4.79 Å². The van der Waals surface area contributed by atoms with Crippen LogP contribution in [0.1, 0.15) is 19.3 Å². The minimum atomic E-state index is -4.44. The number of ether oxygens (including phenoxy) is 1. The first-order valence-corrected chi connectivity index (χ1v) is 3.79. The Morgan fingerprint density at radius 3 is 2.54 bits per heavy atom. The minimum Gasteiger partial charge on any atom is -0.456 e. The lowest BCUT2D eigenvalue weighted by Gasteiger charge is -2.06. The topological polar surface area (TPSA) is 26.3 Å². The van der Waals surface area contributed by atoms with Crippen molar-refractivity contribution in [2.75, 3.05) is 6.61 Å². The van der Waals surface area contributed by atoms with Gasteiger partial charge >= 0.3 is 12.1 Å². The Labute approximate surface area is 74.4 Å². The van der Waals surface area contributed by atoms with Gasteiger partial charge in [-0.25, -0.2) is 0 Å². The Bertz CT molecular complexity index is 175. The molecular weight excluding hydrogens is 185 g/mol. The van der Waals surface area contributed by atoms with E-state index in [0.717, 1.165) is 0 Å². The van der Waals surface area contributed by atoms with Crippen molar-refractivity contribution in [1.29, 1.82) is 0 Å². The summed E-state index contributed by atoms with van der Waals surface area (Å²) < 4.78 is 38.5. The van der Waals surface area contributed by atoms with Crippen molar-refractivity contribution in [1.82, 2.24) is 0 Å². The summed E-state index contributed by atoms with van der Waals surface area (Å²) in [5.41, 5.74) is 0. The molecule has 0 radical (unpaired) electrons. The number of unbranched alkanes of at least 4 members (excludes halogenated alkanes) is 1. The van der Waals surface area contributed by atoms with Crippen LogP contribution >= 0.6 is 0 Å². The molecule has 0 aromatic carbocycles. The van der Waals surface area contributed by atoms with E-state index in [9.17, 15) is 18.0 Å². The molecule has 0 fully saturated rings. The van der Waals surface area contributed by atoms with E-state index in [-0.39, 0.29) is 6.42 Å². The molecule has 0 aromatic heterocycles. The lowest BCUT2D eigenvalue weighted by atomic mass is 10.2. The number of halogens is 3. The van der Waals surface area contributed by atoms with Gasteiger partial charge in [0.2, 0.25) is 0 Å². The lowest BCUT2D eigenvalue weighted by Crippen LogP contribution is -2.20. The SMILES string of the molecule is C=CCCCC(=O)OCC(F)(F)F. The molecule has 13 heavy (non-hydrogen) atoms. The van der Waals surface area contributed by atoms with Crippen LogP contribution in [0.15, 0.2) is 12.7 Å². The summed E-state index contributed by atoms with van der Waals surface area (Å²) in [6.45, 7) is 1.91. The van der Waals surface area contributed by atoms with E-state index in [1.807, 2.05) is 0 Å². The summed E-state index contributed by atoms with van der Waals surface area (Å²) in [6.07, 6.45) is -1.77. The van der Waals surface area contributed by atoms with E-state index >= 15 is 0 Å². The number of hydrogen-bond donors (Lipinski definition) is 0. The van der Waals surface area contributed by atoms with Crippen LogP contribution in [0.4, 0.5) is 13.2 Å². The van der Waals surface area contributed by atoms with Gasteiger partial charge in [0.1, 0.15) is 0 Å². The maximum absolute atomic E-state index is 11.5. The fourth-order valence-electron chi connectivity index (χ4n) is 0.625. The molecule has 76 valence electrons. The molecule has 0 heterocycles. The van der Waals surface area contributed by atoms with E-state index in [2.05, 4.69) is 11.3 Å². The van der Waals surface area contributed by atoms with Gasteiger partial charge in [0.25, 0.3) is 0 Å². The molecule has 0 aliphatic heterocycles. The number of esters is 1. The lowest BCUT2D eigenvalue weighted by molar-refractivity contribution is -0.186. The normalized spacial score (nSPS) is 11.0. The second kappa shape index (κ2) is 5.61. The maximum atomic E-state index is 11.5. The van der Waals surface area contributed by atoms with Gasteiger partial charge in [-0.05, 0) is 12.8 Å².